The molecule has 0 aliphatic carbocycles. The first-order chi connectivity index (χ1) is 10.2. The maximum Gasteiger partial charge on any atom is 0.169 e. The summed E-state index contributed by atoms with van der Waals surface area (Å²) >= 11 is 0. The van der Waals surface area contributed by atoms with E-state index in [4.69, 9.17) is 5.11 Å². The average Bonchev–Trinajstić information content (AvgIpc) is 2.77. The quantitative estimate of drug-likeness (QED) is 0.194. The molecule has 22 heavy (non-hydrogen) atoms. The first-order valence-electron chi connectivity index (χ1n) is 6.89. The predicted octanol–water partition coefficient (Wildman–Crippen LogP) is -5.50. The summed E-state index contributed by atoms with van der Waals surface area (Å²) in [5.74, 6) is 0.0492. The van der Waals surface area contributed by atoms with Crippen molar-refractivity contribution in [1.82, 2.24) is 0 Å². The van der Waals surface area contributed by atoms with Crippen LogP contribution in [0.2, 0.25) is 0 Å². The molecule has 0 radical (unpaired) electrons. The van der Waals surface area contributed by atoms with Gasteiger partial charge in [0, 0.05) is 10.9 Å². The van der Waals surface area contributed by atoms with E-state index >= 15 is 0 Å². The molecule has 1 aliphatic rings. The highest BCUT2D eigenvalue weighted by Crippen LogP contribution is 2.25. The largest absolute Gasteiger partial charge is 0.394 e. The summed E-state index contributed by atoms with van der Waals surface area (Å²) in [5.41, 5.74) is 0. The van der Waals surface area contributed by atoms with E-state index in [0.717, 1.165) is 0 Å². The minimum Gasteiger partial charge on any atom is -0.394 e. The Balaban J connectivity index is 2.62. The van der Waals surface area contributed by atoms with Gasteiger partial charge in [-0.25, -0.2) is 0 Å². The van der Waals surface area contributed by atoms with Gasteiger partial charge in [-0.2, -0.15) is 0 Å². The van der Waals surface area contributed by atoms with Gasteiger partial charge in [0.15, 0.2) is 5.25 Å². The Hall–Kier alpha value is -0.0100. The summed E-state index contributed by atoms with van der Waals surface area (Å²) in [5, 5.41) is 84.7. The van der Waals surface area contributed by atoms with E-state index in [-0.39, 0.29) is 11.5 Å². The van der Waals surface area contributed by atoms with E-state index < -0.39 is 72.1 Å². The van der Waals surface area contributed by atoms with Gasteiger partial charge in [-0.05, 0) is 0 Å². The summed E-state index contributed by atoms with van der Waals surface area (Å²) in [6, 6.07) is 0. The summed E-state index contributed by atoms with van der Waals surface area (Å²) in [6.07, 6.45) is -10.8. The molecule has 0 aromatic heterocycles. The van der Waals surface area contributed by atoms with Crippen molar-refractivity contribution in [3.63, 3.8) is 0 Å². The smallest absolute Gasteiger partial charge is 0.169 e. The summed E-state index contributed by atoms with van der Waals surface area (Å²) in [6.45, 7) is -1.21. The molecule has 132 valence electrons. The summed E-state index contributed by atoms with van der Waals surface area (Å²) < 4.78 is 0. The highest BCUT2D eigenvalue weighted by Gasteiger charge is 2.51. The van der Waals surface area contributed by atoms with Gasteiger partial charge < -0.3 is 46.0 Å². The van der Waals surface area contributed by atoms with E-state index in [0.29, 0.717) is 0 Å². The van der Waals surface area contributed by atoms with Gasteiger partial charge in [0.25, 0.3) is 0 Å². The Morgan fingerprint density at radius 3 is 1.91 bits per heavy atom. The molecular weight excluding hydrogens is 320 g/mol. The molecule has 1 heterocycles. The highest BCUT2D eigenvalue weighted by atomic mass is 32.2. The van der Waals surface area contributed by atoms with Crippen LogP contribution in [0.15, 0.2) is 0 Å². The van der Waals surface area contributed by atoms with E-state index in [9.17, 15) is 40.9 Å². The molecule has 0 amide bonds. The minimum atomic E-state index is -1.88. The lowest BCUT2D eigenvalue weighted by atomic mass is 10.0. The zero-order valence-electron chi connectivity index (χ0n) is 11.9. The van der Waals surface area contributed by atoms with E-state index in [1.54, 1.807) is 0 Å². The number of rotatable bonds is 8. The van der Waals surface area contributed by atoms with Crippen molar-refractivity contribution in [2.24, 2.45) is 0 Å². The van der Waals surface area contributed by atoms with Crippen LogP contribution in [-0.4, -0.2) is 119 Å². The monoisotopic (exact) mass is 345 g/mol. The molecule has 1 aliphatic heterocycles. The lowest BCUT2D eigenvalue weighted by Crippen LogP contribution is -2.52. The van der Waals surface area contributed by atoms with Gasteiger partial charge in [-0.3, -0.25) is 0 Å². The molecule has 0 spiro atoms. The third-order valence-electron chi connectivity index (χ3n) is 3.83. The lowest BCUT2D eigenvalue weighted by molar-refractivity contribution is -0.136. The fourth-order valence-corrected chi connectivity index (χ4v) is 5.06. The zero-order chi connectivity index (χ0) is 17.0. The van der Waals surface area contributed by atoms with Crippen molar-refractivity contribution >= 4 is 10.9 Å². The summed E-state index contributed by atoms with van der Waals surface area (Å²) in [4.78, 5) is 0. The molecule has 9 N–H and O–H groups in total. The van der Waals surface area contributed by atoms with Crippen molar-refractivity contribution in [1.29, 1.82) is 0 Å². The molecule has 0 aromatic carbocycles. The number of aliphatic hydroxyl groups is 9. The Kier molecular flexibility index (Phi) is 7.95. The second-order valence-corrected chi connectivity index (χ2v) is 7.79. The first-order valence-corrected chi connectivity index (χ1v) is 8.51. The standard InChI is InChI=1S/C12H25O9S/c13-1-5(15)10(19)12(21)11(20)7(17)4-22-3-6(16)9(18)8(22)2-14/h5-21H,1-4H2/q+1/t5-,6-,7-,8-,9+,10-,11-,12-,22?/m1/s1. The molecule has 0 aromatic rings. The van der Waals surface area contributed by atoms with Crippen LogP contribution in [0.1, 0.15) is 0 Å². The molecule has 9 nitrogen and oxygen atoms in total. The Morgan fingerprint density at radius 1 is 0.864 bits per heavy atom. The van der Waals surface area contributed by atoms with Gasteiger partial charge in [-0.1, -0.05) is 0 Å². The average molecular weight is 345 g/mol. The van der Waals surface area contributed by atoms with Gasteiger partial charge in [0.2, 0.25) is 0 Å². The van der Waals surface area contributed by atoms with Gasteiger partial charge in [0.1, 0.15) is 54.2 Å². The van der Waals surface area contributed by atoms with Crippen molar-refractivity contribution in [3.05, 3.63) is 0 Å². The Bertz CT molecular complexity index is 334. The lowest BCUT2D eigenvalue weighted by Gasteiger charge is -2.28. The second kappa shape index (κ2) is 8.73. The van der Waals surface area contributed by atoms with Crippen molar-refractivity contribution in [2.45, 2.75) is 48.0 Å². The topological polar surface area (TPSA) is 182 Å². The van der Waals surface area contributed by atoms with Crippen LogP contribution in [0, 0.1) is 0 Å². The first kappa shape index (κ1) is 20.0. The van der Waals surface area contributed by atoms with Crippen LogP contribution in [0.25, 0.3) is 0 Å². The minimum absolute atomic E-state index is 0.0977. The molecule has 1 rings (SSSR count). The number of aliphatic hydroxyl groups excluding tert-OH is 9. The van der Waals surface area contributed by atoms with Crippen LogP contribution in [0.3, 0.4) is 0 Å². The van der Waals surface area contributed by atoms with E-state index in [1.807, 2.05) is 0 Å². The number of hydrogen-bond donors (Lipinski definition) is 9. The molecule has 1 saturated heterocycles. The van der Waals surface area contributed by atoms with Gasteiger partial charge in [0.05, 0.1) is 13.2 Å². The normalized spacial score (nSPS) is 35.9. The fraction of sp³-hybridized carbons (Fsp3) is 1.00. The van der Waals surface area contributed by atoms with E-state index in [2.05, 4.69) is 0 Å². The van der Waals surface area contributed by atoms with Crippen molar-refractivity contribution < 1.29 is 46.0 Å². The Morgan fingerprint density at radius 2 is 1.41 bits per heavy atom. The maximum atomic E-state index is 9.93. The molecule has 10 heteroatoms. The van der Waals surface area contributed by atoms with Crippen molar-refractivity contribution in [2.75, 3.05) is 24.7 Å². The highest BCUT2D eigenvalue weighted by molar-refractivity contribution is 7.97. The second-order valence-electron chi connectivity index (χ2n) is 5.44. The molecular formula is C12H25O9S+. The number of hydrogen-bond acceptors (Lipinski definition) is 9. The van der Waals surface area contributed by atoms with Crippen LogP contribution in [0.5, 0.6) is 0 Å². The van der Waals surface area contributed by atoms with Crippen LogP contribution in [-0.2, 0) is 10.9 Å². The summed E-state index contributed by atoms with van der Waals surface area (Å²) in [7, 11) is -0.783. The predicted molar refractivity (Wildman–Crippen MR) is 77.1 cm³/mol. The zero-order valence-corrected chi connectivity index (χ0v) is 12.7. The van der Waals surface area contributed by atoms with Crippen LogP contribution < -0.4 is 0 Å². The van der Waals surface area contributed by atoms with Crippen LogP contribution >= 0.6 is 0 Å². The third kappa shape index (κ3) is 4.51. The Labute approximate surface area is 130 Å². The van der Waals surface area contributed by atoms with Gasteiger partial charge >= 0.3 is 0 Å². The molecule has 0 saturated carbocycles. The van der Waals surface area contributed by atoms with Crippen molar-refractivity contribution in [3.8, 4) is 0 Å². The third-order valence-corrected chi connectivity index (χ3v) is 6.65. The SMILES string of the molecule is OC[C@@H](O)[C@@H](O)[C@@H](O)[C@H](O)[C@H](O)C[S+]1C[C@@H](O)[C@H](O)[C@H]1CO. The molecule has 1 unspecified atom stereocenters. The van der Waals surface area contributed by atoms with E-state index in [1.165, 1.54) is 0 Å². The molecule has 9 atom stereocenters. The van der Waals surface area contributed by atoms with Gasteiger partial charge in [-0.15, -0.1) is 0 Å². The molecule has 1 fully saturated rings. The van der Waals surface area contributed by atoms with Crippen LogP contribution in [0.4, 0.5) is 0 Å². The maximum absolute atomic E-state index is 9.93. The molecule has 0 bridgehead atoms. The fourth-order valence-electron chi connectivity index (χ4n) is 2.37.